The number of hydrogen-bond acceptors (Lipinski definition) is 4. The molecule has 1 N–H and O–H groups in total. The van der Waals surface area contributed by atoms with Gasteiger partial charge in [-0.2, -0.15) is 0 Å². The average Bonchev–Trinajstić information content (AvgIpc) is 2.36. The third-order valence-electron chi connectivity index (χ3n) is 3.33. The lowest BCUT2D eigenvalue weighted by Gasteiger charge is -2.36. The van der Waals surface area contributed by atoms with Gasteiger partial charge in [0.15, 0.2) is 0 Å². The van der Waals surface area contributed by atoms with Crippen molar-refractivity contribution in [2.75, 3.05) is 26.1 Å². The van der Waals surface area contributed by atoms with Crippen molar-refractivity contribution in [1.82, 2.24) is 0 Å². The molecule has 1 aromatic rings. The molecular formula is C14H20ClNO3. The molecule has 0 radical (unpaired) electrons. The zero-order chi connectivity index (χ0) is 13.8. The highest BCUT2D eigenvalue weighted by atomic mass is 35.5. The second kappa shape index (κ2) is 6.35. The number of anilines is 1. The van der Waals surface area contributed by atoms with E-state index in [4.69, 9.17) is 25.8 Å². The van der Waals surface area contributed by atoms with Crippen LogP contribution in [0.25, 0.3) is 0 Å². The molecular weight excluding hydrogens is 266 g/mol. The topological polar surface area (TPSA) is 39.7 Å². The first kappa shape index (κ1) is 14.3. The molecule has 4 nitrogen and oxygen atoms in total. The maximum atomic E-state index is 6.14. The summed E-state index contributed by atoms with van der Waals surface area (Å²) in [5.74, 6) is 1.35. The Morgan fingerprint density at radius 3 is 2.47 bits per heavy atom. The van der Waals surface area contributed by atoms with E-state index in [0.717, 1.165) is 30.9 Å². The number of rotatable bonds is 6. The highest BCUT2D eigenvalue weighted by Crippen LogP contribution is 2.38. The number of methoxy groups -OCH3 is 2. The van der Waals surface area contributed by atoms with Gasteiger partial charge in [-0.3, -0.25) is 0 Å². The summed E-state index contributed by atoms with van der Waals surface area (Å²) in [6.45, 7) is 2.79. The van der Waals surface area contributed by atoms with Gasteiger partial charge in [0, 0.05) is 18.7 Å². The molecule has 1 fully saturated rings. The van der Waals surface area contributed by atoms with Gasteiger partial charge in [-0.15, -0.1) is 0 Å². The van der Waals surface area contributed by atoms with Gasteiger partial charge < -0.3 is 19.5 Å². The monoisotopic (exact) mass is 285 g/mol. The standard InChI is InChI=1S/C14H20ClNO3/c1-4-19-10-5-9(6-10)16-12-7-11(15)13(17-2)8-14(12)18-3/h7-10,16H,4-6H2,1-3H3. The lowest BCUT2D eigenvalue weighted by Crippen LogP contribution is -2.40. The predicted molar refractivity (Wildman–Crippen MR) is 76.6 cm³/mol. The fourth-order valence-corrected chi connectivity index (χ4v) is 2.49. The van der Waals surface area contributed by atoms with Crippen molar-refractivity contribution in [1.29, 1.82) is 0 Å². The molecule has 0 atom stereocenters. The van der Waals surface area contributed by atoms with Gasteiger partial charge in [0.05, 0.1) is 31.0 Å². The minimum Gasteiger partial charge on any atom is -0.495 e. The van der Waals surface area contributed by atoms with E-state index in [9.17, 15) is 0 Å². The molecule has 1 aliphatic carbocycles. The molecule has 19 heavy (non-hydrogen) atoms. The molecule has 0 aliphatic heterocycles. The van der Waals surface area contributed by atoms with Crippen LogP contribution in [0.1, 0.15) is 19.8 Å². The first-order valence-electron chi connectivity index (χ1n) is 6.47. The molecule has 1 aromatic carbocycles. The molecule has 0 spiro atoms. The zero-order valence-electron chi connectivity index (χ0n) is 11.5. The summed E-state index contributed by atoms with van der Waals surface area (Å²) in [7, 11) is 3.23. The van der Waals surface area contributed by atoms with Gasteiger partial charge in [0.2, 0.25) is 0 Å². The maximum Gasteiger partial charge on any atom is 0.145 e. The van der Waals surface area contributed by atoms with E-state index < -0.39 is 0 Å². The summed E-state index contributed by atoms with van der Waals surface area (Å²) in [4.78, 5) is 0. The van der Waals surface area contributed by atoms with Crippen LogP contribution < -0.4 is 14.8 Å². The second-order valence-corrected chi connectivity index (χ2v) is 4.98. The number of halogens is 1. The van der Waals surface area contributed by atoms with Crippen molar-refractivity contribution in [3.05, 3.63) is 17.2 Å². The molecule has 106 valence electrons. The van der Waals surface area contributed by atoms with Gasteiger partial charge in [-0.1, -0.05) is 11.6 Å². The van der Waals surface area contributed by atoms with Gasteiger partial charge in [-0.25, -0.2) is 0 Å². The smallest absolute Gasteiger partial charge is 0.145 e. The van der Waals surface area contributed by atoms with Crippen molar-refractivity contribution in [3.8, 4) is 11.5 Å². The number of nitrogens with one attached hydrogen (secondary N) is 1. The molecule has 0 saturated heterocycles. The fraction of sp³-hybridized carbons (Fsp3) is 0.571. The third kappa shape index (κ3) is 3.25. The van der Waals surface area contributed by atoms with Gasteiger partial charge in [0.1, 0.15) is 11.5 Å². The van der Waals surface area contributed by atoms with Crippen LogP contribution in [0.15, 0.2) is 12.1 Å². The highest BCUT2D eigenvalue weighted by Gasteiger charge is 2.30. The van der Waals surface area contributed by atoms with E-state index in [1.54, 1.807) is 20.3 Å². The van der Waals surface area contributed by atoms with Crippen molar-refractivity contribution >= 4 is 17.3 Å². The molecule has 0 unspecified atom stereocenters. The Bertz CT molecular complexity index is 433. The SMILES string of the molecule is CCOC1CC(Nc2cc(Cl)c(OC)cc2OC)C1. The summed E-state index contributed by atoms with van der Waals surface area (Å²) in [5, 5.41) is 4.01. The van der Waals surface area contributed by atoms with Gasteiger partial charge in [-0.05, 0) is 25.8 Å². The van der Waals surface area contributed by atoms with E-state index in [0.29, 0.717) is 22.9 Å². The Balaban J connectivity index is 2.02. The van der Waals surface area contributed by atoms with E-state index in [2.05, 4.69) is 5.32 Å². The van der Waals surface area contributed by atoms with Crippen molar-refractivity contribution in [2.45, 2.75) is 31.9 Å². The average molecular weight is 286 g/mol. The van der Waals surface area contributed by atoms with Crippen molar-refractivity contribution in [2.24, 2.45) is 0 Å². The van der Waals surface area contributed by atoms with Crippen LogP contribution in [0.3, 0.4) is 0 Å². The summed E-state index contributed by atoms with van der Waals surface area (Å²) in [5.41, 5.74) is 0.897. The predicted octanol–water partition coefficient (Wildman–Crippen LogP) is 3.34. The first-order valence-corrected chi connectivity index (χ1v) is 6.85. The Labute approximate surface area is 119 Å². The van der Waals surface area contributed by atoms with Crippen LogP contribution in [0, 0.1) is 0 Å². The molecule has 5 heteroatoms. The molecule has 0 amide bonds. The summed E-state index contributed by atoms with van der Waals surface area (Å²) in [6, 6.07) is 4.05. The van der Waals surface area contributed by atoms with Crippen molar-refractivity contribution < 1.29 is 14.2 Å². The van der Waals surface area contributed by atoms with E-state index in [1.165, 1.54) is 0 Å². The van der Waals surface area contributed by atoms with Crippen molar-refractivity contribution in [3.63, 3.8) is 0 Å². The summed E-state index contributed by atoms with van der Waals surface area (Å²) >= 11 is 6.14. The first-order chi connectivity index (χ1) is 9.17. The number of ether oxygens (including phenoxy) is 3. The molecule has 0 aromatic heterocycles. The quantitative estimate of drug-likeness (QED) is 0.870. The van der Waals surface area contributed by atoms with E-state index >= 15 is 0 Å². The van der Waals surface area contributed by atoms with Crippen LogP contribution in [0.2, 0.25) is 5.02 Å². The molecule has 0 heterocycles. The number of benzene rings is 1. The maximum absolute atomic E-state index is 6.14. The van der Waals surface area contributed by atoms with Crippen LogP contribution in [0.5, 0.6) is 11.5 Å². The lowest BCUT2D eigenvalue weighted by atomic mass is 9.89. The summed E-state index contributed by atoms with van der Waals surface area (Å²) in [6.07, 6.45) is 2.41. The van der Waals surface area contributed by atoms with Crippen LogP contribution >= 0.6 is 11.6 Å². The van der Waals surface area contributed by atoms with Crippen LogP contribution in [0.4, 0.5) is 5.69 Å². The van der Waals surface area contributed by atoms with E-state index in [1.807, 2.05) is 13.0 Å². The molecule has 0 bridgehead atoms. The Morgan fingerprint density at radius 2 is 1.89 bits per heavy atom. The molecule has 2 rings (SSSR count). The third-order valence-corrected chi connectivity index (χ3v) is 3.63. The Hall–Kier alpha value is -1.13. The Morgan fingerprint density at radius 1 is 1.21 bits per heavy atom. The number of hydrogen-bond donors (Lipinski definition) is 1. The second-order valence-electron chi connectivity index (χ2n) is 4.58. The molecule has 1 saturated carbocycles. The highest BCUT2D eigenvalue weighted by molar-refractivity contribution is 6.32. The van der Waals surface area contributed by atoms with E-state index in [-0.39, 0.29) is 0 Å². The van der Waals surface area contributed by atoms with Gasteiger partial charge in [0.25, 0.3) is 0 Å². The zero-order valence-corrected chi connectivity index (χ0v) is 12.3. The lowest BCUT2D eigenvalue weighted by molar-refractivity contribution is 0.00295. The Kier molecular flexibility index (Phi) is 4.77. The minimum atomic E-state index is 0.377. The van der Waals surface area contributed by atoms with Gasteiger partial charge >= 0.3 is 0 Å². The largest absolute Gasteiger partial charge is 0.495 e. The normalized spacial score (nSPS) is 21.7. The fourth-order valence-electron chi connectivity index (χ4n) is 2.25. The summed E-state index contributed by atoms with van der Waals surface area (Å²) < 4.78 is 16.1. The minimum absolute atomic E-state index is 0.377. The van der Waals surface area contributed by atoms with Crippen LogP contribution in [-0.4, -0.2) is 33.0 Å². The molecule has 1 aliphatic rings. The van der Waals surface area contributed by atoms with Crippen LogP contribution in [-0.2, 0) is 4.74 Å².